The summed E-state index contributed by atoms with van der Waals surface area (Å²) in [5, 5.41) is 15.9. The number of amides is 2. The molecule has 0 unspecified atom stereocenters. The molecule has 2 N–H and O–H groups in total. The van der Waals surface area contributed by atoms with Gasteiger partial charge in [0, 0.05) is 24.2 Å². The predicted octanol–water partition coefficient (Wildman–Crippen LogP) is 5.43. The Hall–Kier alpha value is -4.45. The van der Waals surface area contributed by atoms with Gasteiger partial charge in [0.1, 0.15) is 11.5 Å². The fraction of sp³-hybridized carbons (Fsp3) is 0.120. The maximum atomic E-state index is 15.0. The highest BCUT2D eigenvalue weighted by atomic mass is 35.5. The molecule has 1 fully saturated rings. The Morgan fingerprint density at radius 3 is 2.47 bits per heavy atom. The molecule has 2 heterocycles. The zero-order valence-electron chi connectivity index (χ0n) is 19.0. The Morgan fingerprint density at radius 1 is 1.08 bits per heavy atom. The van der Waals surface area contributed by atoms with Crippen LogP contribution in [0.5, 0.6) is 0 Å². The first-order valence-electron chi connectivity index (χ1n) is 11.0. The molecular formula is C25H15ClF4N4O4. The lowest BCUT2D eigenvalue weighted by Crippen LogP contribution is -2.27. The maximum absolute atomic E-state index is 15.0. The molecule has 0 bridgehead atoms. The number of carbonyl (C=O) groups is 3. The topological polar surface area (TPSA) is 105 Å². The number of anilines is 1. The molecule has 194 valence electrons. The van der Waals surface area contributed by atoms with Crippen molar-refractivity contribution in [2.75, 3.05) is 18.0 Å². The molecule has 0 radical (unpaired) electrons. The minimum Gasteiger partial charge on any atom is -0.478 e. The lowest BCUT2D eigenvalue weighted by atomic mass is 10.0. The van der Waals surface area contributed by atoms with E-state index in [0.29, 0.717) is 17.3 Å². The average Bonchev–Trinajstić information content (AvgIpc) is 3.45. The van der Waals surface area contributed by atoms with Gasteiger partial charge in [0.2, 0.25) is 0 Å². The van der Waals surface area contributed by atoms with Gasteiger partial charge in [-0.3, -0.25) is 9.69 Å². The summed E-state index contributed by atoms with van der Waals surface area (Å²) in [6.07, 6.45) is -4.94. The van der Waals surface area contributed by atoms with Gasteiger partial charge in [-0.15, -0.1) is 0 Å². The molecule has 8 nitrogen and oxygen atoms in total. The molecule has 0 saturated carbocycles. The van der Waals surface area contributed by atoms with Crippen molar-refractivity contribution in [1.82, 2.24) is 15.1 Å². The quantitative estimate of drug-likeness (QED) is 0.332. The molecule has 4 aromatic rings. The van der Waals surface area contributed by atoms with Crippen LogP contribution in [-0.4, -0.2) is 45.9 Å². The number of rotatable bonds is 4. The molecule has 0 spiro atoms. The van der Waals surface area contributed by atoms with Crippen molar-refractivity contribution in [1.29, 1.82) is 0 Å². The highest BCUT2D eigenvalue weighted by molar-refractivity contribution is 6.34. The van der Waals surface area contributed by atoms with Crippen LogP contribution in [-0.2, 0) is 6.18 Å². The van der Waals surface area contributed by atoms with Gasteiger partial charge in [-0.05, 0) is 42.5 Å². The minimum atomic E-state index is -4.94. The van der Waals surface area contributed by atoms with Crippen LogP contribution >= 0.6 is 11.6 Å². The molecule has 3 aromatic carbocycles. The van der Waals surface area contributed by atoms with Crippen LogP contribution in [0.25, 0.3) is 22.2 Å². The van der Waals surface area contributed by atoms with Gasteiger partial charge in [-0.25, -0.2) is 14.0 Å². The molecule has 1 saturated heterocycles. The smallest absolute Gasteiger partial charge is 0.417 e. The van der Waals surface area contributed by atoms with Crippen molar-refractivity contribution in [2.24, 2.45) is 0 Å². The number of hydrogen-bond acceptors (Lipinski definition) is 4. The van der Waals surface area contributed by atoms with Gasteiger partial charge in [-0.1, -0.05) is 23.7 Å². The van der Waals surface area contributed by atoms with Gasteiger partial charge in [-0.2, -0.15) is 23.0 Å². The molecule has 13 heteroatoms. The van der Waals surface area contributed by atoms with E-state index in [2.05, 4.69) is 10.4 Å². The summed E-state index contributed by atoms with van der Waals surface area (Å²) in [5.74, 6) is -3.74. The maximum Gasteiger partial charge on any atom is 0.417 e. The Balaban J connectivity index is 1.82. The van der Waals surface area contributed by atoms with Crippen molar-refractivity contribution < 1.29 is 37.1 Å². The second-order valence-corrected chi connectivity index (χ2v) is 8.69. The molecule has 38 heavy (non-hydrogen) atoms. The number of alkyl halides is 3. The van der Waals surface area contributed by atoms with Crippen LogP contribution in [0.1, 0.15) is 26.3 Å². The summed E-state index contributed by atoms with van der Waals surface area (Å²) < 4.78 is 57.0. The molecular weight excluding hydrogens is 532 g/mol. The van der Waals surface area contributed by atoms with Crippen molar-refractivity contribution in [3.05, 3.63) is 82.1 Å². The van der Waals surface area contributed by atoms with Crippen molar-refractivity contribution in [3.63, 3.8) is 0 Å². The average molecular weight is 547 g/mol. The van der Waals surface area contributed by atoms with E-state index >= 15 is 0 Å². The number of fused-ring (bicyclic) bond motifs is 1. The van der Waals surface area contributed by atoms with Crippen LogP contribution in [0.4, 0.5) is 28.0 Å². The highest BCUT2D eigenvalue weighted by Crippen LogP contribution is 2.38. The van der Waals surface area contributed by atoms with Crippen molar-refractivity contribution in [3.8, 4) is 11.3 Å². The number of nitrogens with zero attached hydrogens (tertiary/aromatic N) is 3. The molecule has 5 rings (SSSR count). The molecule has 1 aliphatic rings. The molecule has 1 aromatic heterocycles. The summed E-state index contributed by atoms with van der Waals surface area (Å²) in [5.41, 5.74) is -3.23. The van der Waals surface area contributed by atoms with Gasteiger partial charge in [0.15, 0.2) is 0 Å². The Kier molecular flexibility index (Phi) is 6.06. The molecule has 0 atom stereocenters. The van der Waals surface area contributed by atoms with Crippen LogP contribution < -0.4 is 10.2 Å². The van der Waals surface area contributed by atoms with E-state index in [9.17, 15) is 37.1 Å². The second kappa shape index (κ2) is 9.14. The number of urea groups is 1. The summed E-state index contributed by atoms with van der Waals surface area (Å²) in [6, 6.07) is 9.89. The van der Waals surface area contributed by atoms with E-state index in [1.54, 1.807) is 0 Å². The number of benzene rings is 3. The summed E-state index contributed by atoms with van der Waals surface area (Å²) in [6.45, 7) is 0.616. The lowest BCUT2D eigenvalue weighted by molar-refractivity contribution is -0.137. The number of carboxylic acid groups (broad SMARTS) is 1. The Bertz CT molecular complexity index is 1650. The minimum absolute atomic E-state index is 0.0647. The molecule has 2 amide bonds. The number of carbonyl (C=O) groups excluding carboxylic acids is 2. The Labute approximate surface area is 216 Å². The van der Waals surface area contributed by atoms with Crippen LogP contribution in [0, 0.1) is 5.82 Å². The number of hydrogen-bond donors (Lipinski definition) is 2. The summed E-state index contributed by atoms with van der Waals surface area (Å²) in [4.78, 5) is 39.0. The third-order valence-electron chi connectivity index (χ3n) is 6.04. The molecule has 0 aliphatic carbocycles. The van der Waals surface area contributed by atoms with E-state index < -0.39 is 57.2 Å². The van der Waals surface area contributed by atoms with Gasteiger partial charge < -0.3 is 10.4 Å². The highest BCUT2D eigenvalue weighted by Gasteiger charge is 2.37. The third-order valence-corrected chi connectivity index (χ3v) is 6.35. The monoisotopic (exact) mass is 546 g/mol. The fourth-order valence-electron chi connectivity index (χ4n) is 4.36. The van der Waals surface area contributed by atoms with Crippen LogP contribution in [0.15, 0.2) is 54.6 Å². The number of aromatic carboxylic acids is 1. The fourth-order valence-corrected chi connectivity index (χ4v) is 4.61. The van der Waals surface area contributed by atoms with Crippen LogP contribution in [0.2, 0.25) is 5.02 Å². The normalized spacial score (nSPS) is 13.7. The third kappa shape index (κ3) is 4.12. The van der Waals surface area contributed by atoms with Gasteiger partial charge in [0.05, 0.1) is 32.8 Å². The zero-order valence-corrected chi connectivity index (χ0v) is 19.8. The number of nitrogens with one attached hydrogen (secondary N) is 1. The van der Waals surface area contributed by atoms with E-state index in [0.717, 1.165) is 24.3 Å². The number of aromatic nitrogens is 2. The number of halogens is 5. The second-order valence-electron chi connectivity index (χ2n) is 8.28. The van der Waals surface area contributed by atoms with E-state index in [4.69, 9.17) is 11.6 Å². The summed E-state index contributed by atoms with van der Waals surface area (Å²) in [7, 11) is 0. The Morgan fingerprint density at radius 2 is 1.82 bits per heavy atom. The standard InChI is InChI=1S/C25H15ClF4N4O4/c26-16-5-2-4-15(25(28,29)30)20(16)22(35)34-18-11-12(33-10-9-31-24(33)38)7-8-13(18)21(32-34)19-14(23(36)37)3-1-6-17(19)27/h1-8,11H,9-10H2,(H,31,38)(H,36,37). The van der Waals surface area contributed by atoms with Crippen LogP contribution in [0.3, 0.4) is 0 Å². The largest absolute Gasteiger partial charge is 0.478 e. The van der Waals surface area contributed by atoms with Gasteiger partial charge in [0.25, 0.3) is 5.91 Å². The first-order chi connectivity index (χ1) is 18.0. The first-order valence-corrected chi connectivity index (χ1v) is 11.4. The van der Waals surface area contributed by atoms with Crippen molar-refractivity contribution >= 4 is 46.1 Å². The van der Waals surface area contributed by atoms with Gasteiger partial charge >= 0.3 is 18.2 Å². The SMILES string of the molecule is O=C(O)c1cccc(F)c1-c1nn(C(=O)c2c(Cl)cccc2C(F)(F)F)c2cc(N3CCNC3=O)ccc12. The van der Waals surface area contributed by atoms with E-state index in [1.165, 1.54) is 29.2 Å². The van der Waals surface area contributed by atoms with E-state index in [1.807, 2.05) is 0 Å². The van der Waals surface area contributed by atoms with Crippen molar-refractivity contribution in [2.45, 2.75) is 6.18 Å². The lowest BCUT2D eigenvalue weighted by Gasteiger charge is -2.15. The first kappa shape index (κ1) is 25.2. The zero-order chi connectivity index (χ0) is 27.4. The molecule has 1 aliphatic heterocycles. The van der Waals surface area contributed by atoms with E-state index in [-0.39, 0.29) is 28.8 Å². The number of carboxylic acids is 1. The summed E-state index contributed by atoms with van der Waals surface area (Å²) >= 11 is 6.04. The predicted molar refractivity (Wildman–Crippen MR) is 129 cm³/mol.